The number of carbonyl (C=O) groups is 4. The number of aromatic carboxylic acids is 4. The molecule has 16 nitrogen and oxygen atoms in total. The summed E-state index contributed by atoms with van der Waals surface area (Å²) in [7, 11) is 0. The van der Waals surface area contributed by atoms with Crippen LogP contribution in [0.5, 0.6) is 0 Å². The molecule has 0 spiro atoms. The summed E-state index contributed by atoms with van der Waals surface area (Å²) < 4.78 is 46.4. The van der Waals surface area contributed by atoms with E-state index in [1.807, 2.05) is 0 Å². The first kappa shape index (κ1) is 25.8. The van der Waals surface area contributed by atoms with Gasteiger partial charge in [-0.1, -0.05) is 0 Å². The van der Waals surface area contributed by atoms with Gasteiger partial charge in [0.1, 0.15) is 0 Å². The molecule has 144 valence electrons. The molecule has 0 unspecified atom stereocenters. The van der Waals surface area contributed by atoms with Crippen molar-refractivity contribution < 1.29 is 94.7 Å². The number of nitrogens with zero attached hydrogens (tertiary/aromatic N) is 2. The molecule has 1 aromatic rings. The van der Waals surface area contributed by atoms with Crippen molar-refractivity contribution in [3.05, 3.63) is 22.8 Å². The average molecular weight is 458 g/mol. The molecule has 1 aromatic heterocycles. The van der Waals surface area contributed by atoms with Crippen LogP contribution >= 0.6 is 0 Å². The van der Waals surface area contributed by atoms with Gasteiger partial charge in [0.05, 0.1) is 0 Å². The van der Waals surface area contributed by atoms with Gasteiger partial charge in [0, 0.05) is 0 Å². The zero-order valence-corrected chi connectivity index (χ0v) is 14.6. The molecular weight excluding hydrogens is 450 g/mol. The van der Waals surface area contributed by atoms with Crippen molar-refractivity contribution in [2.45, 2.75) is 0 Å². The van der Waals surface area contributed by atoms with E-state index in [-0.39, 0.29) is 0 Å². The summed E-state index contributed by atoms with van der Waals surface area (Å²) in [4.78, 5) is 48.7. The zero-order valence-electron chi connectivity index (χ0n) is 11.8. The second-order valence-corrected chi connectivity index (χ2v) is 4.92. The van der Waals surface area contributed by atoms with Gasteiger partial charge in [-0.05, 0) is 0 Å². The van der Waals surface area contributed by atoms with Gasteiger partial charge in [0.25, 0.3) is 0 Å². The summed E-state index contributed by atoms with van der Waals surface area (Å²) >= 11 is -6.88. The Morgan fingerprint density at radius 1 is 0.538 bits per heavy atom. The van der Waals surface area contributed by atoms with Gasteiger partial charge in [-0.15, -0.1) is 0 Å². The van der Waals surface area contributed by atoms with E-state index in [1.54, 1.807) is 0 Å². The standard InChI is InChI=1S/C8H4N2O8.4H2O.2O.2V/c11-5(12)1-2(6(13)14)10-4(8(17)18)3(9-1)7(15)16;;;;;;;;/h(H,11,12)(H,13,14)(H,15,16)(H,17,18);4*1H2;;;;/q;;;;;;;2*+2/p-4. The Balaban J connectivity index is 0. The summed E-state index contributed by atoms with van der Waals surface area (Å²) in [5.41, 5.74) is -4.59. The number of carboxylic acid groups (broad SMARTS) is 4. The SMILES string of the molecule is O=C(O)c1nc(C(=O)O)c(C(=O)O)nc1C(=O)O.[O]=[V]([OH])[OH].[O]=[V]([OH])[OH]. The van der Waals surface area contributed by atoms with Crippen molar-refractivity contribution in [1.29, 1.82) is 0 Å². The van der Waals surface area contributed by atoms with Crippen LogP contribution in [0, 0.1) is 0 Å². The van der Waals surface area contributed by atoms with Gasteiger partial charge in [0.2, 0.25) is 0 Å². The zero-order chi connectivity index (χ0) is 21.2. The van der Waals surface area contributed by atoms with Crippen molar-refractivity contribution in [1.82, 2.24) is 9.97 Å². The van der Waals surface area contributed by atoms with E-state index in [1.165, 1.54) is 0 Å². The Kier molecular flexibility index (Phi) is 11.9. The van der Waals surface area contributed by atoms with Gasteiger partial charge in [-0.2, -0.15) is 0 Å². The molecule has 0 aliphatic rings. The van der Waals surface area contributed by atoms with E-state index < -0.39 is 78.3 Å². The van der Waals surface area contributed by atoms with Gasteiger partial charge in [-0.3, -0.25) is 0 Å². The Labute approximate surface area is 151 Å². The van der Waals surface area contributed by atoms with E-state index >= 15 is 0 Å². The Bertz CT molecular complexity index is 643. The topological polar surface area (TPSA) is 290 Å². The van der Waals surface area contributed by atoms with Crippen LogP contribution in [-0.2, 0) is 39.0 Å². The Morgan fingerprint density at radius 2 is 0.654 bits per heavy atom. The van der Waals surface area contributed by atoms with Crippen LogP contribution in [0.25, 0.3) is 0 Å². The van der Waals surface area contributed by atoms with Crippen LogP contribution in [0.15, 0.2) is 0 Å². The van der Waals surface area contributed by atoms with Crippen molar-refractivity contribution in [3.63, 3.8) is 0 Å². The normalized spacial score (nSPS) is 8.77. The molecule has 0 amide bonds. The summed E-state index contributed by atoms with van der Waals surface area (Å²) in [5, 5.41) is 34.6. The van der Waals surface area contributed by atoms with Crippen LogP contribution in [0.1, 0.15) is 42.0 Å². The monoisotopic (exact) mass is 458 g/mol. The van der Waals surface area contributed by atoms with E-state index in [0.29, 0.717) is 0 Å². The van der Waals surface area contributed by atoms with E-state index in [0.717, 1.165) is 0 Å². The van der Waals surface area contributed by atoms with Crippen molar-refractivity contribution in [3.8, 4) is 0 Å². The molecule has 1 heterocycles. The van der Waals surface area contributed by atoms with Crippen molar-refractivity contribution in [2.75, 3.05) is 0 Å². The van der Waals surface area contributed by atoms with Gasteiger partial charge in [0.15, 0.2) is 22.8 Å². The number of aromatic nitrogens is 2. The fraction of sp³-hybridized carbons (Fsp3) is 0. The minimum absolute atomic E-state index is 1.15. The first-order valence-electron chi connectivity index (χ1n) is 5.27. The predicted molar refractivity (Wildman–Crippen MR) is 60.1 cm³/mol. The Morgan fingerprint density at radius 3 is 0.731 bits per heavy atom. The summed E-state index contributed by atoms with van der Waals surface area (Å²) in [6.45, 7) is 0. The van der Waals surface area contributed by atoms with Crippen LogP contribution in [0.3, 0.4) is 0 Å². The first-order chi connectivity index (χ1) is 11.7. The van der Waals surface area contributed by atoms with Crippen molar-refractivity contribution in [2.24, 2.45) is 0 Å². The molecule has 18 heteroatoms. The van der Waals surface area contributed by atoms with E-state index in [4.69, 9.17) is 43.9 Å². The first-order valence-corrected chi connectivity index (χ1v) is 8.91. The van der Waals surface area contributed by atoms with Gasteiger partial charge < -0.3 is 20.4 Å². The number of hydrogen-bond donors (Lipinski definition) is 8. The van der Waals surface area contributed by atoms with Gasteiger partial charge >= 0.3 is 79.0 Å². The third kappa shape index (κ3) is 10.4. The maximum atomic E-state index is 10.7. The fourth-order valence-electron chi connectivity index (χ4n) is 1.03. The number of rotatable bonds is 4. The molecule has 0 atom stereocenters. The number of carboxylic acids is 4. The Hall–Kier alpha value is -2.43. The molecule has 0 radical (unpaired) electrons. The summed E-state index contributed by atoms with van der Waals surface area (Å²) in [6, 6.07) is 0. The quantitative estimate of drug-likeness (QED) is 0.220. The molecule has 0 aliphatic carbocycles. The minimum atomic E-state index is -3.44. The predicted octanol–water partition coefficient (Wildman–Crippen LogP) is -3.20. The van der Waals surface area contributed by atoms with Gasteiger partial charge in [-0.25, -0.2) is 29.1 Å². The maximum absolute atomic E-state index is 10.7. The fourth-order valence-corrected chi connectivity index (χ4v) is 1.03. The molecule has 0 saturated carbocycles. The summed E-state index contributed by atoms with van der Waals surface area (Å²) in [5.74, 6) is -7.34. The second kappa shape index (κ2) is 12.0. The molecule has 8 N–H and O–H groups in total. The van der Waals surface area contributed by atoms with Crippen LogP contribution in [0.4, 0.5) is 0 Å². The third-order valence-electron chi connectivity index (χ3n) is 1.71. The van der Waals surface area contributed by atoms with Crippen LogP contribution in [0.2, 0.25) is 0 Å². The third-order valence-corrected chi connectivity index (χ3v) is 1.71. The molecule has 0 aromatic carbocycles. The number of hydrogen-bond acceptors (Lipinski definition) is 8. The van der Waals surface area contributed by atoms with Crippen molar-refractivity contribution >= 4 is 23.9 Å². The second-order valence-electron chi connectivity index (χ2n) is 3.34. The average Bonchev–Trinajstić information content (AvgIpc) is 2.44. The van der Waals surface area contributed by atoms with Crippen LogP contribution in [-0.4, -0.2) is 70.4 Å². The molecule has 0 saturated heterocycles. The summed E-state index contributed by atoms with van der Waals surface area (Å²) in [6.07, 6.45) is 0. The molecule has 0 fully saturated rings. The molecule has 0 bridgehead atoms. The molecular formula is C8H8N2O14V2. The van der Waals surface area contributed by atoms with Crippen LogP contribution < -0.4 is 0 Å². The van der Waals surface area contributed by atoms with E-state index in [9.17, 15) is 19.2 Å². The molecule has 1 rings (SSSR count). The molecule has 26 heavy (non-hydrogen) atoms. The molecule has 0 aliphatic heterocycles. The van der Waals surface area contributed by atoms with E-state index in [2.05, 4.69) is 9.97 Å².